The van der Waals surface area contributed by atoms with Crippen LogP contribution in [0.25, 0.3) is 0 Å². The van der Waals surface area contributed by atoms with Gasteiger partial charge in [-0.2, -0.15) is 0 Å². The van der Waals surface area contributed by atoms with Crippen molar-refractivity contribution in [2.45, 2.75) is 6.61 Å². The molecular weight excluding hydrogens is 268 g/mol. The quantitative estimate of drug-likeness (QED) is 0.799. The summed E-state index contributed by atoms with van der Waals surface area (Å²) in [7, 11) is 4.85. The fourth-order valence-electron chi connectivity index (χ4n) is 2.06. The van der Waals surface area contributed by atoms with Gasteiger partial charge < -0.3 is 25.3 Å². The predicted octanol–water partition coefficient (Wildman–Crippen LogP) is 3.18. The van der Waals surface area contributed by atoms with Crippen molar-refractivity contribution in [3.63, 3.8) is 0 Å². The van der Waals surface area contributed by atoms with Crippen LogP contribution in [-0.4, -0.2) is 21.3 Å². The number of rotatable bonds is 6. The maximum atomic E-state index is 6.04. The molecule has 0 fully saturated rings. The molecule has 0 aliphatic rings. The summed E-state index contributed by atoms with van der Waals surface area (Å²) in [5.74, 6) is 1.23. The first-order chi connectivity index (χ1) is 10.2. The van der Waals surface area contributed by atoms with Gasteiger partial charge in [-0.25, -0.2) is 0 Å². The summed E-state index contributed by atoms with van der Waals surface area (Å²) >= 11 is 0. The highest BCUT2D eigenvalue weighted by Crippen LogP contribution is 2.36. The Labute approximate surface area is 124 Å². The van der Waals surface area contributed by atoms with Gasteiger partial charge in [-0.1, -0.05) is 12.1 Å². The van der Waals surface area contributed by atoms with Crippen LogP contribution < -0.4 is 20.5 Å². The SMILES string of the molecule is COCc1cccc(Nc2cc(OC)c(OC)cc2N)c1. The molecule has 21 heavy (non-hydrogen) atoms. The van der Waals surface area contributed by atoms with E-state index in [2.05, 4.69) is 5.32 Å². The number of nitrogen functional groups attached to an aromatic ring is 1. The zero-order chi connectivity index (χ0) is 15.2. The molecule has 5 nitrogen and oxygen atoms in total. The number of benzene rings is 2. The van der Waals surface area contributed by atoms with Crippen LogP contribution in [0, 0.1) is 0 Å². The first-order valence-electron chi connectivity index (χ1n) is 6.54. The molecule has 0 saturated heterocycles. The number of nitrogens with two attached hydrogens (primary N) is 1. The van der Waals surface area contributed by atoms with E-state index in [0.29, 0.717) is 23.8 Å². The Morgan fingerprint density at radius 2 is 1.71 bits per heavy atom. The summed E-state index contributed by atoms with van der Waals surface area (Å²) in [5, 5.41) is 3.28. The Kier molecular flexibility index (Phi) is 4.90. The molecular formula is C16H20N2O3. The van der Waals surface area contributed by atoms with E-state index < -0.39 is 0 Å². The lowest BCUT2D eigenvalue weighted by Gasteiger charge is -2.14. The third kappa shape index (κ3) is 3.58. The number of nitrogens with one attached hydrogen (secondary N) is 1. The summed E-state index contributed by atoms with van der Waals surface area (Å²) in [6, 6.07) is 11.5. The monoisotopic (exact) mass is 288 g/mol. The molecule has 0 heterocycles. The fourth-order valence-corrected chi connectivity index (χ4v) is 2.06. The van der Waals surface area contributed by atoms with Crippen molar-refractivity contribution in [2.75, 3.05) is 32.4 Å². The van der Waals surface area contributed by atoms with Gasteiger partial charge in [0.2, 0.25) is 0 Å². The lowest BCUT2D eigenvalue weighted by Crippen LogP contribution is -2.00. The minimum absolute atomic E-state index is 0.566. The highest BCUT2D eigenvalue weighted by atomic mass is 16.5. The predicted molar refractivity (Wildman–Crippen MR) is 84.4 cm³/mol. The number of hydrogen-bond acceptors (Lipinski definition) is 5. The summed E-state index contributed by atoms with van der Waals surface area (Å²) < 4.78 is 15.6. The van der Waals surface area contributed by atoms with Crippen molar-refractivity contribution in [3.05, 3.63) is 42.0 Å². The minimum Gasteiger partial charge on any atom is -0.493 e. The van der Waals surface area contributed by atoms with Gasteiger partial charge >= 0.3 is 0 Å². The van der Waals surface area contributed by atoms with Gasteiger partial charge in [0.15, 0.2) is 11.5 Å². The zero-order valence-corrected chi connectivity index (χ0v) is 12.5. The van der Waals surface area contributed by atoms with Crippen LogP contribution in [0.4, 0.5) is 17.1 Å². The standard InChI is InChI=1S/C16H20N2O3/c1-19-10-11-5-4-6-12(7-11)18-14-9-16(21-3)15(20-2)8-13(14)17/h4-9,18H,10,17H2,1-3H3. The Morgan fingerprint density at radius 3 is 2.38 bits per heavy atom. The van der Waals surface area contributed by atoms with E-state index in [1.165, 1.54) is 0 Å². The highest BCUT2D eigenvalue weighted by Gasteiger charge is 2.09. The first-order valence-corrected chi connectivity index (χ1v) is 6.54. The number of hydrogen-bond donors (Lipinski definition) is 2. The zero-order valence-electron chi connectivity index (χ0n) is 12.5. The minimum atomic E-state index is 0.566. The average molecular weight is 288 g/mol. The Bertz CT molecular complexity index is 614. The molecule has 2 rings (SSSR count). The maximum absolute atomic E-state index is 6.04. The molecule has 112 valence electrons. The maximum Gasteiger partial charge on any atom is 0.162 e. The van der Waals surface area contributed by atoms with Gasteiger partial charge in [0.25, 0.3) is 0 Å². The van der Waals surface area contributed by atoms with Gasteiger partial charge in [-0.15, -0.1) is 0 Å². The lowest BCUT2D eigenvalue weighted by atomic mass is 10.2. The van der Waals surface area contributed by atoms with Gasteiger partial charge in [0.05, 0.1) is 32.2 Å². The van der Waals surface area contributed by atoms with Crippen LogP contribution in [-0.2, 0) is 11.3 Å². The highest BCUT2D eigenvalue weighted by molar-refractivity contribution is 5.76. The van der Waals surface area contributed by atoms with Gasteiger partial charge in [0, 0.05) is 24.9 Å². The van der Waals surface area contributed by atoms with Crippen molar-refractivity contribution in [1.82, 2.24) is 0 Å². The second kappa shape index (κ2) is 6.85. The molecule has 0 aliphatic carbocycles. The molecule has 5 heteroatoms. The van der Waals surface area contributed by atoms with E-state index in [-0.39, 0.29) is 0 Å². The van der Waals surface area contributed by atoms with E-state index in [4.69, 9.17) is 19.9 Å². The molecule has 0 radical (unpaired) electrons. The summed E-state index contributed by atoms with van der Waals surface area (Å²) in [6.07, 6.45) is 0. The second-order valence-corrected chi connectivity index (χ2v) is 4.55. The first kappa shape index (κ1) is 15.0. The molecule has 0 saturated carbocycles. The summed E-state index contributed by atoms with van der Waals surface area (Å²) in [5.41, 5.74) is 9.41. The van der Waals surface area contributed by atoms with E-state index in [9.17, 15) is 0 Å². The van der Waals surface area contributed by atoms with Crippen LogP contribution in [0.5, 0.6) is 11.5 Å². The van der Waals surface area contributed by atoms with Crippen LogP contribution in [0.15, 0.2) is 36.4 Å². The van der Waals surface area contributed by atoms with Crippen LogP contribution in [0.3, 0.4) is 0 Å². The van der Waals surface area contributed by atoms with Gasteiger partial charge in [-0.05, 0) is 17.7 Å². The van der Waals surface area contributed by atoms with Crippen molar-refractivity contribution >= 4 is 17.1 Å². The largest absolute Gasteiger partial charge is 0.493 e. The molecule has 0 aromatic heterocycles. The molecule has 0 bridgehead atoms. The van der Waals surface area contributed by atoms with Crippen molar-refractivity contribution in [1.29, 1.82) is 0 Å². The molecule has 0 atom stereocenters. The van der Waals surface area contributed by atoms with Gasteiger partial charge in [0.1, 0.15) is 0 Å². The van der Waals surface area contributed by atoms with E-state index in [1.54, 1.807) is 27.4 Å². The number of methoxy groups -OCH3 is 3. The van der Waals surface area contributed by atoms with Gasteiger partial charge in [-0.3, -0.25) is 0 Å². The van der Waals surface area contributed by atoms with Crippen LogP contribution in [0.2, 0.25) is 0 Å². The molecule has 2 aromatic carbocycles. The molecule has 2 aromatic rings. The Balaban J connectivity index is 2.28. The van der Waals surface area contributed by atoms with E-state index in [0.717, 1.165) is 16.9 Å². The smallest absolute Gasteiger partial charge is 0.162 e. The third-order valence-corrected chi connectivity index (χ3v) is 3.07. The Hall–Kier alpha value is -2.40. The lowest BCUT2D eigenvalue weighted by molar-refractivity contribution is 0.185. The van der Waals surface area contributed by atoms with E-state index >= 15 is 0 Å². The molecule has 0 unspecified atom stereocenters. The number of anilines is 3. The topological polar surface area (TPSA) is 65.7 Å². The molecule has 3 N–H and O–H groups in total. The molecule has 0 amide bonds. The van der Waals surface area contributed by atoms with Crippen molar-refractivity contribution in [2.24, 2.45) is 0 Å². The summed E-state index contributed by atoms with van der Waals surface area (Å²) in [6.45, 7) is 0.566. The average Bonchev–Trinajstić information content (AvgIpc) is 2.49. The Morgan fingerprint density at radius 1 is 1.00 bits per heavy atom. The third-order valence-electron chi connectivity index (χ3n) is 3.07. The van der Waals surface area contributed by atoms with Crippen LogP contribution >= 0.6 is 0 Å². The molecule has 0 spiro atoms. The normalized spacial score (nSPS) is 10.2. The second-order valence-electron chi connectivity index (χ2n) is 4.55. The van der Waals surface area contributed by atoms with Crippen molar-refractivity contribution in [3.8, 4) is 11.5 Å². The van der Waals surface area contributed by atoms with Crippen molar-refractivity contribution < 1.29 is 14.2 Å². The van der Waals surface area contributed by atoms with E-state index in [1.807, 2.05) is 30.3 Å². The van der Waals surface area contributed by atoms with Crippen LogP contribution in [0.1, 0.15) is 5.56 Å². The summed E-state index contributed by atoms with van der Waals surface area (Å²) in [4.78, 5) is 0. The number of ether oxygens (including phenoxy) is 3. The fraction of sp³-hybridized carbons (Fsp3) is 0.250. The molecule has 0 aliphatic heterocycles.